The highest BCUT2D eigenvalue weighted by Gasteiger charge is 2.27. The van der Waals surface area contributed by atoms with Gasteiger partial charge < -0.3 is 14.0 Å². The van der Waals surface area contributed by atoms with Crippen LogP contribution in [0.15, 0.2) is 23.1 Å². The molecule has 4 rings (SSSR count). The molecule has 9 heteroatoms. The van der Waals surface area contributed by atoms with E-state index in [1.165, 1.54) is 36.4 Å². The highest BCUT2D eigenvalue weighted by molar-refractivity contribution is 7.89. The molecule has 2 heterocycles. The van der Waals surface area contributed by atoms with Gasteiger partial charge >= 0.3 is 5.97 Å². The summed E-state index contributed by atoms with van der Waals surface area (Å²) in [6.07, 6.45) is 7.62. The highest BCUT2D eigenvalue weighted by atomic mass is 32.2. The Kier molecular flexibility index (Phi) is 7.48. The lowest BCUT2D eigenvalue weighted by Crippen LogP contribution is -2.40. The van der Waals surface area contributed by atoms with Crippen LogP contribution in [0.2, 0.25) is 0 Å². The number of benzene rings is 1. The number of sulfonamides is 1. The van der Waals surface area contributed by atoms with Gasteiger partial charge in [-0.1, -0.05) is 32.1 Å². The summed E-state index contributed by atoms with van der Waals surface area (Å²) in [5.74, 6) is 1.08. The first-order chi connectivity index (χ1) is 15.5. The predicted octanol–water partition coefficient (Wildman–Crippen LogP) is 3.48. The second kappa shape index (κ2) is 10.3. The molecule has 1 aliphatic carbocycles. The van der Waals surface area contributed by atoms with Crippen molar-refractivity contribution in [2.24, 2.45) is 5.92 Å². The van der Waals surface area contributed by atoms with Crippen LogP contribution in [0.4, 0.5) is 0 Å². The number of morpholine rings is 1. The SMILES string of the molecule is CCn1c(COC(=O)CCC2CCCCC2)nc2cc(S(=O)(=O)N3CCOCC3)ccc21. The summed E-state index contributed by atoms with van der Waals surface area (Å²) in [6, 6.07) is 5.02. The van der Waals surface area contributed by atoms with E-state index in [4.69, 9.17) is 9.47 Å². The van der Waals surface area contributed by atoms with Crippen molar-refractivity contribution in [1.82, 2.24) is 13.9 Å². The molecule has 8 nitrogen and oxygen atoms in total. The molecule has 0 N–H and O–H groups in total. The first-order valence-corrected chi connectivity index (χ1v) is 13.2. The number of carbonyl (C=O) groups excluding carboxylic acids is 1. The maximum Gasteiger partial charge on any atom is 0.306 e. The maximum absolute atomic E-state index is 13.0. The first kappa shape index (κ1) is 23.2. The van der Waals surface area contributed by atoms with Gasteiger partial charge in [0.15, 0.2) is 0 Å². The number of rotatable bonds is 8. The van der Waals surface area contributed by atoms with Gasteiger partial charge in [0.25, 0.3) is 0 Å². The van der Waals surface area contributed by atoms with Gasteiger partial charge in [-0.15, -0.1) is 0 Å². The van der Waals surface area contributed by atoms with Crippen LogP contribution in [0.1, 0.15) is 57.7 Å². The average Bonchev–Trinajstić information content (AvgIpc) is 3.19. The van der Waals surface area contributed by atoms with Crippen LogP contribution in [0, 0.1) is 5.92 Å². The number of hydrogen-bond acceptors (Lipinski definition) is 6. The molecule has 1 aromatic heterocycles. The Labute approximate surface area is 189 Å². The first-order valence-electron chi connectivity index (χ1n) is 11.7. The van der Waals surface area contributed by atoms with E-state index in [1.807, 2.05) is 11.5 Å². The minimum atomic E-state index is -3.59. The smallest absolute Gasteiger partial charge is 0.306 e. The maximum atomic E-state index is 13.0. The van der Waals surface area contributed by atoms with E-state index in [2.05, 4.69) is 4.98 Å². The summed E-state index contributed by atoms with van der Waals surface area (Å²) in [7, 11) is -3.59. The zero-order valence-electron chi connectivity index (χ0n) is 18.8. The number of nitrogens with zero attached hydrogens (tertiary/aromatic N) is 3. The predicted molar refractivity (Wildman–Crippen MR) is 121 cm³/mol. The molecule has 1 aliphatic heterocycles. The molecule has 0 atom stereocenters. The van der Waals surface area contributed by atoms with Gasteiger partial charge in [-0.25, -0.2) is 13.4 Å². The van der Waals surface area contributed by atoms with Crippen LogP contribution >= 0.6 is 0 Å². The van der Waals surface area contributed by atoms with E-state index < -0.39 is 10.0 Å². The van der Waals surface area contributed by atoms with E-state index in [0.29, 0.717) is 56.5 Å². The molecule has 32 heavy (non-hydrogen) atoms. The van der Waals surface area contributed by atoms with Crippen molar-refractivity contribution in [3.8, 4) is 0 Å². The molecule has 176 valence electrons. The molecule has 0 spiro atoms. The van der Waals surface area contributed by atoms with Gasteiger partial charge in [0.1, 0.15) is 12.4 Å². The number of aromatic nitrogens is 2. The summed E-state index contributed by atoms with van der Waals surface area (Å²) in [5, 5.41) is 0. The summed E-state index contributed by atoms with van der Waals surface area (Å²) in [6.45, 7) is 4.26. The number of esters is 1. The van der Waals surface area contributed by atoms with Gasteiger partial charge in [-0.2, -0.15) is 4.31 Å². The molecule has 0 bridgehead atoms. The Balaban J connectivity index is 1.44. The highest BCUT2D eigenvalue weighted by Crippen LogP contribution is 2.28. The van der Waals surface area contributed by atoms with Crippen molar-refractivity contribution in [3.63, 3.8) is 0 Å². The lowest BCUT2D eigenvalue weighted by Gasteiger charge is -2.26. The Bertz CT molecular complexity index is 1040. The normalized spacial score (nSPS) is 18.8. The van der Waals surface area contributed by atoms with Crippen LogP contribution in [0.3, 0.4) is 0 Å². The van der Waals surface area contributed by atoms with Crippen LogP contribution in [0.5, 0.6) is 0 Å². The lowest BCUT2D eigenvalue weighted by atomic mass is 9.86. The minimum absolute atomic E-state index is 0.0948. The number of hydrogen-bond donors (Lipinski definition) is 0. The van der Waals surface area contributed by atoms with E-state index >= 15 is 0 Å². The molecule has 2 aromatic rings. The van der Waals surface area contributed by atoms with Gasteiger partial charge in [0.05, 0.1) is 29.1 Å². The third-order valence-corrected chi connectivity index (χ3v) is 8.46. The van der Waals surface area contributed by atoms with Crippen LogP contribution < -0.4 is 0 Å². The van der Waals surface area contributed by atoms with Crippen molar-refractivity contribution in [2.45, 2.75) is 69.9 Å². The summed E-state index contributed by atoms with van der Waals surface area (Å²) in [5.41, 5.74) is 1.43. The van der Waals surface area contributed by atoms with Gasteiger partial charge in [-0.3, -0.25) is 4.79 Å². The molecule has 1 saturated heterocycles. The number of aryl methyl sites for hydroxylation is 1. The average molecular weight is 464 g/mol. The molecule has 0 unspecified atom stereocenters. The van der Waals surface area contributed by atoms with Crippen LogP contribution in [0.25, 0.3) is 11.0 Å². The van der Waals surface area contributed by atoms with Gasteiger partial charge in [-0.05, 0) is 37.5 Å². The number of imidazole rings is 1. The molecule has 2 fully saturated rings. The Morgan fingerprint density at radius 3 is 2.66 bits per heavy atom. The lowest BCUT2D eigenvalue weighted by molar-refractivity contribution is -0.145. The van der Waals surface area contributed by atoms with E-state index in [1.54, 1.807) is 18.2 Å². The number of ether oxygens (including phenoxy) is 2. The second-order valence-electron chi connectivity index (χ2n) is 8.64. The fourth-order valence-corrected chi connectivity index (χ4v) is 6.16. The second-order valence-corrected chi connectivity index (χ2v) is 10.6. The monoisotopic (exact) mass is 463 g/mol. The quantitative estimate of drug-likeness (QED) is 0.557. The third-order valence-electron chi connectivity index (χ3n) is 6.57. The topological polar surface area (TPSA) is 90.7 Å². The largest absolute Gasteiger partial charge is 0.458 e. The zero-order chi connectivity index (χ0) is 22.6. The van der Waals surface area contributed by atoms with Gasteiger partial charge in [0.2, 0.25) is 10.0 Å². The molecular formula is C23H33N3O5S. The van der Waals surface area contributed by atoms with Crippen molar-refractivity contribution < 1.29 is 22.7 Å². The third kappa shape index (κ3) is 5.15. The van der Waals surface area contributed by atoms with E-state index in [-0.39, 0.29) is 17.5 Å². The molecule has 1 saturated carbocycles. The molecule has 2 aliphatic rings. The van der Waals surface area contributed by atoms with E-state index in [0.717, 1.165) is 11.9 Å². The fourth-order valence-electron chi connectivity index (χ4n) is 4.73. The molecular weight excluding hydrogens is 430 g/mol. The molecule has 0 amide bonds. The Morgan fingerprint density at radius 2 is 1.94 bits per heavy atom. The Hall–Kier alpha value is -1.97. The number of fused-ring (bicyclic) bond motifs is 1. The van der Waals surface area contributed by atoms with Crippen LogP contribution in [-0.4, -0.2) is 54.5 Å². The summed E-state index contributed by atoms with van der Waals surface area (Å²) >= 11 is 0. The van der Waals surface area contributed by atoms with Crippen molar-refractivity contribution >= 4 is 27.0 Å². The van der Waals surface area contributed by atoms with Crippen molar-refractivity contribution in [1.29, 1.82) is 0 Å². The zero-order valence-corrected chi connectivity index (χ0v) is 19.6. The Morgan fingerprint density at radius 1 is 1.19 bits per heavy atom. The fraction of sp³-hybridized carbons (Fsp3) is 0.652. The van der Waals surface area contributed by atoms with Crippen molar-refractivity contribution in [2.75, 3.05) is 26.3 Å². The summed E-state index contributed by atoms with van der Waals surface area (Å²) in [4.78, 5) is 17.1. The number of carbonyl (C=O) groups is 1. The summed E-state index contributed by atoms with van der Waals surface area (Å²) < 4.78 is 40.2. The molecule has 0 radical (unpaired) electrons. The van der Waals surface area contributed by atoms with E-state index in [9.17, 15) is 13.2 Å². The van der Waals surface area contributed by atoms with Gasteiger partial charge in [0, 0.05) is 26.1 Å². The standard InChI is InChI=1S/C23H33N3O5S/c1-2-26-21-10-9-19(32(28,29)25-12-14-30-15-13-25)16-20(21)24-22(26)17-31-23(27)11-8-18-6-4-3-5-7-18/h9-10,16,18H,2-8,11-15,17H2,1H3. The van der Waals surface area contributed by atoms with Crippen molar-refractivity contribution in [3.05, 3.63) is 24.0 Å². The molecule has 1 aromatic carbocycles. The minimum Gasteiger partial charge on any atom is -0.458 e. The van der Waals surface area contributed by atoms with Crippen LogP contribution in [-0.2, 0) is 37.4 Å².